The van der Waals surface area contributed by atoms with Crippen LogP contribution in [0.2, 0.25) is 0 Å². The zero-order chi connectivity index (χ0) is 17.6. The van der Waals surface area contributed by atoms with Gasteiger partial charge in [0.1, 0.15) is 11.9 Å². The zero-order valence-corrected chi connectivity index (χ0v) is 16.6. The predicted molar refractivity (Wildman–Crippen MR) is 111 cm³/mol. The lowest BCUT2D eigenvalue weighted by Crippen LogP contribution is -2.46. The highest BCUT2D eigenvalue weighted by molar-refractivity contribution is 5.85. The Morgan fingerprint density at radius 2 is 1.67 bits per heavy atom. The summed E-state index contributed by atoms with van der Waals surface area (Å²) in [4.78, 5) is 14.7. The van der Waals surface area contributed by atoms with Crippen LogP contribution in [0.5, 0.6) is 0 Å². The van der Waals surface area contributed by atoms with Gasteiger partial charge in [0, 0.05) is 25.7 Å². The number of piperidine rings is 1. The number of nitrogens with zero attached hydrogens (tertiary/aromatic N) is 1. The summed E-state index contributed by atoms with van der Waals surface area (Å²) in [5.74, 6) is -0.330. The number of benzene rings is 2. The molecule has 0 aliphatic carbocycles. The van der Waals surface area contributed by atoms with Crippen molar-refractivity contribution in [3.05, 3.63) is 71.5 Å². The molecule has 1 saturated heterocycles. The maximum Gasteiger partial charge on any atom is 0.241 e. The molecule has 0 bridgehead atoms. The first-order valence-corrected chi connectivity index (χ1v) is 8.69. The summed E-state index contributed by atoms with van der Waals surface area (Å²) in [6.45, 7) is 2.62. The van der Waals surface area contributed by atoms with Crippen molar-refractivity contribution in [1.29, 1.82) is 0 Å². The monoisotopic (exact) mass is 413 g/mol. The molecule has 0 radical (unpaired) electrons. The third-order valence-electron chi connectivity index (χ3n) is 4.69. The normalized spacial score (nSPS) is 15.9. The fraction of sp³-hybridized carbons (Fsp3) is 0.350. The third kappa shape index (κ3) is 6.78. The number of likely N-dealkylation sites (tertiary alicyclic amines) is 1. The van der Waals surface area contributed by atoms with Gasteiger partial charge >= 0.3 is 0 Å². The van der Waals surface area contributed by atoms with E-state index in [1.807, 2.05) is 42.5 Å². The summed E-state index contributed by atoms with van der Waals surface area (Å²) in [5.41, 5.74) is 7.98. The molecule has 1 fully saturated rings. The minimum atomic E-state index is -0.626. The summed E-state index contributed by atoms with van der Waals surface area (Å²) < 4.78 is 13.0. The van der Waals surface area contributed by atoms with E-state index in [0.717, 1.165) is 43.6 Å². The highest BCUT2D eigenvalue weighted by atomic mass is 35.5. The minimum Gasteiger partial charge on any atom is -0.352 e. The van der Waals surface area contributed by atoms with Gasteiger partial charge in [-0.1, -0.05) is 42.5 Å². The molecule has 3 rings (SSSR count). The van der Waals surface area contributed by atoms with Gasteiger partial charge in [-0.3, -0.25) is 9.69 Å². The Morgan fingerprint density at radius 3 is 2.26 bits per heavy atom. The van der Waals surface area contributed by atoms with Crippen molar-refractivity contribution in [3.63, 3.8) is 0 Å². The topological polar surface area (TPSA) is 58.4 Å². The van der Waals surface area contributed by atoms with E-state index in [-0.39, 0.29) is 42.6 Å². The van der Waals surface area contributed by atoms with Crippen molar-refractivity contribution in [3.8, 4) is 0 Å². The van der Waals surface area contributed by atoms with E-state index < -0.39 is 6.04 Å². The van der Waals surface area contributed by atoms with Crippen molar-refractivity contribution in [2.24, 2.45) is 5.73 Å². The van der Waals surface area contributed by atoms with Gasteiger partial charge in [0.2, 0.25) is 5.91 Å². The fourth-order valence-electron chi connectivity index (χ4n) is 3.19. The van der Waals surface area contributed by atoms with Crippen LogP contribution in [0.4, 0.5) is 4.39 Å². The number of nitrogens with one attached hydrogen (secondary N) is 1. The average molecular weight is 414 g/mol. The third-order valence-corrected chi connectivity index (χ3v) is 4.69. The second-order valence-corrected chi connectivity index (χ2v) is 6.57. The SMILES string of the molecule is Cl.Cl.NC(C(=O)NC1CCN(Cc2ccc(F)cc2)CC1)c1ccccc1. The molecule has 1 aliphatic heterocycles. The van der Waals surface area contributed by atoms with Crippen molar-refractivity contribution in [2.75, 3.05) is 13.1 Å². The molecule has 1 atom stereocenters. The molecule has 0 saturated carbocycles. The van der Waals surface area contributed by atoms with Crippen LogP contribution in [-0.4, -0.2) is 29.9 Å². The van der Waals surface area contributed by atoms with Gasteiger partial charge in [0.05, 0.1) is 0 Å². The molecule has 1 unspecified atom stereocenters. The largest absolute Gasteiger partial charge is 0.352 e. The molecule has 1 heterocycles. The van der Waals surface area contributed by atoms with Gasteiger partial charge in [0.25, 0.3) is 0 Å². The summed E-state index contributed by atoms with van der Waals surface area (Å²) in [6.07, 6.45) is 1.79. The number of nitrogens with two attached hydrogens (primary N) is 1. The van der Waals surface area contributed by atoms with Crippen molar-refractivity contribution in [1.82, 2.24) is 10.2 Å². The number of halogens is 3. The Bertz CT molecular complexity index is 692. The number of carbonyl (C=O) groups is 1. The molecule has 148 valence electrons. The first kappa shape index (κ1) is 23.4. The molecule has 0 spiro atoms. The number of carbonyl (C=O) groups excluding carboxylic acids is 1. The molecule has 27 heavy (non-hydrogen) atoms. The second-order valence-electron chi connectivity index (χ2n) is 6.57. The highest BCUT2D eigenvalue weighted by Crippen LogP contribution is 2.16. The van der Waals surface area contributed by atoms with Gasteiger partial charge < -0.3 is 11.1 Å². The van der Waals surface area contributed by atoms with E-state index in [9.17, 15) is 9.18 Å². The van der Waals surface area contributed by atoms with Gasteiger partial charge in [-0.05, 0) is 36.1 Å². The Balaban J connectivity index is 0.00000182. The molecular weight excluding hydrogens is 388 g/mol. The summed E-state index contributed by atoms with van der Waals surface area (Å²) >= 11 is 0. The lowest BCUT2D eigenvalue weighted by atomic mass is 10.0. The molecule has 2 aromatic carbocycles. The molecule has 1 amide bonds. The first-order valence-electron chi connectivity index (χ1n) is 8.69. The molecule has 1 aliphatic rings. The molecule has 7 heteroatoms. The first-order chi connectivity index (χ1) is 12.1. The smallest absolute Gasteiger partial charge is 0.241 e. The lowest BCUT2D eigenvalue weighted by Gasteiger charge is -2.32. The summed E-state index contributed by atoms with van der Waals surface area (Å²) in [7, 11) is 0. The van der Waals surface area contributed by atoms with Gasteiger partial charge in [-0.15, -0.1) is 24.8 Å². The molecule has 3 N–H and O–H groups in total. The number of hydrogen-bond acceptors (Lipinski definition) is 3. The average Bonchev–Trinajstić information content (AvgIpc) is 2.65. The number of hydrogen-bond donors (Lipinski definition) is 2. The van der Waals surface area contributed by atoms with Gasteiger partial charge in [0.15, 0.2) is 0 Å². The maximum atomic E-state index is 13.0. The predicted octanol–water partition coefficient (Wildman–Crippen LogP) is 3.45. The standard InChI is InChI=1S/C20H24FN3O.2ClH/c21-17-8-6-15(7-9-17)14-24-12-10-18(11-13-24)23-20(25)19(22)16-4-2-1-3-5-16;;/h1-9,18-19H,10-14,22H2,(H,23,25);2*1H. The van der Waals surface area contributed by atoms with E-state index in [1.165, 1.54) is 12.1 Å². The molecule has 0 aromatic heterocycles. The van der Waals surface area contributed by atoms with Crippen LogP contribution in [0.25, 0.3) is 0 Å². The van der Waals surface area contributed by atoms with E-state index in [4.69, 9.17) is 5.73 Å². The number of amides is 1. The van der Waals surface area contributed by atoms with Crippen LogP contribution >= 0.6 is 24.8 Å². The number of rotatable bonds is 5. The zero-order valence-electron chi connectivity index (χ0n) is 15.0. The minimum absolute atomic E-state index is 0. The molecular formula is C20H26Cl2FN3O. The van der Waals surface area contributed by atoms with Crippen LogP contribution in [0.15, 0.2) is 54.6 Å². The van der Waals surface area contributed by atoms with Crippen molar-refractivity contribution in [2.45, 2.75) is 31.5 Å². The summed E-state index contributed by atoms with van der Waals surface area (Å²) in [5, 5.41) is 3.07. The Hall–Kier alpha value is -1.66. The Morgan fingerprint density at radius 1 is 1.07 bits per heavy atom. The van der Waals surface area contributed by atoms with Crippen LogP contribution in [0.1, 0.15) is 30.0 Å². The van der Waals surface area contributed by atoms with Gasteiger partial charge in [-0.25, -0.2) is 4.39 Å². The maximum absolute atomic E-state index is 13.0. The van der Waals surface area contributed by atoms with E-state index in [2.05, 4.69) is 10.2 Å². The van der Waals surface area contributed by atoms with Gasteiger partial charge in [-0.2, -0.15) is 0 Å². The fourth-order valence-corrected chi connectivity index (χ4v) is 3.19. The van der Waals surface area contributed by atoms with Crippen molar-refractivity contribution >= 4 is 30.7 Å². The quantitative estimate of drug-likeness (QED) is 0.788. The Labute approximate surface area is 172 Å². The highest BCUT2D eigenvalue weighted by Gasteiger charge is 2.23. The van der Waals surface area contributed by atoms with Crippen LogP contribution in [-0.2, 0) is 11.3 Å². The van der Waals surface area contributed by atoms with Crippen molar-refractivity contribution < 1.29 is 9.18 Å². The van der Waals surface area contributed by atoms with Crippen LogP contribution in [0, 0.1) is 5.82 Å². The van der Waals surface area contributed by atoms with E-state index in [1.54, 1.807) is 0 Å². The molecule has 2 aromatic rings. The molecule has 4 nitrogen and oxygen atoms in total. The van der Waals surface area contributed by atoms with Crippen LogP contribution < -0.4 is 11.1 Å². The van der Waals surface area contributed by atoms with Crippen LogP contribution in [0.3, 0.4) is 0 Å². The Kier molecular flexibility index (Phi) is 9.74. The lowest BCUT2D eigenvalue weighted by molar-refractivity contribution is -0.123. The van der Waals surface area contributed by atoms with E-state index >= 15 is 0 Å². The summed E-state index contributed by atoms with van der Waals surface area (Å²) in [6, 6.07) is 15.6. The van der Waals surface area contributed by atoms with E-state index in [0.29, 0.717) is 0 Å². The second kappa shape index (κ2) is 11.2.